The lowest BCUT2D eigenvalue weighted by Gasteiger charge is -1.98. The lowest BCUT2D eigenvalue weighted by atomic mass is 10.2. The van der Waals surface area contributed by atoms with Crippen LogP contribution < -0.4 is 5.73 Å². The molecule has 0 spiro atoms. The summed E-state index contributed by atoms with van der Waals surface area (Å²) in [7, 11) is 0. The highest BCUT2D eigenvalue weighted by Crippen LogP contribution is 2.21. The molecule has 1 rings (SSSR count). The van der Waals surface area contributed by atoms with E-state index in [-0.39, 0.29) is 5.56 Å². The maximum atomic E-state index is 12.7. The molecule has 72 valence electrons. The molecule has 5 heteroatoms. The summed E-state index contributed by atoms with van der Waals surface area (Å²) < 4.78 is 25.3. The minimum atomic E-state index is -1.14. The summed E-state index contributed by atoms with van der Waals surface area (Å²) in [5.74, 6) is 0.102. The lowest BCUT2D eigenvalue weighted by molar-refractivity contribution is -0.112. The molecule has 0 aliphatic carbocycles. The molecule has 1 amide bonds. The van der Waals surface area contributed by atoms with Gasteiger partial charge in [0.25, 0.3) is 5.91 Å². The summed E-state index contributed by atoms with van der Waals surface area (Å²) in [5.41, 5.74) is 4.37. The minimum absolute atomic E-state index is 0.318. The Bertz CT molecular complexity index is 446. The highest BCUT2D eigenvalue weighted by molar-refractivity contribution is 5.92. The van der Waals surface area contributed by atoms with E-state index in [4.69, 9.17) is 5.11 Å². The van der Waals surface area contributed by atoms with Crippen LogP contribution in [0.5, 0.6) is 5.75 Å². The number of benzene rings is 1. The fourth-order valence-electron chi connectivity index (χ4n) is 0.790. The maximum Gasteiger partial charge on any atom is 0.293 e. The highest BCUT2D eigenvalue weighted by atomic mass is 19.1. The standard InChI is InChI=1S/C9H5F2NO2/c10-6-3-5(1-2-8(12)13)9(14)7(11)4-6/h3-4,14H,(H2,12,13). The largest absolute Gasteiger partial charge is 0.504 e. The number of carbonyl (C=O) groups is 1. The first-order valence-corrected chi connectivity index (χ1v) is 3.50. The molecule has 0 radical (unpaired) electrons. The molecule has 0 fully saturated rings. The van der Waals surface area contributed by atoms with Crippen molar-refractivity contribution in [2.45, 2.75) is 0 Å². The minimum Gasteiger partial charge on any atom is -0.504 e. The third kappa shape index (κ3) is 2.20. The predicted octanol–water partition coefficient (Wildman–Crippen LogP) is 0.507. The monoisotopic (exact) mass is 197 g/mol. The molecule has 0 bridgehead atoms. The van der Waals surface area contributed by atoms with Gasteiger partial charge in [0.2, 0.25) is 0 Å². The SMILES string of the molecule is NC(=O)C#Cc1cc(F)cc(F)c1O. The molecule has 0 saturated carbocycles. The molecule has 0 unspecified atom stereocenters. The second-order valence-corrected chi connectivity index (χ2v) is 2.40. The Balaban J connectivity index is 3.23. The van der Waals surface area contributed by atoms with E-state index in [2.05, 4.69) is 5.73 Å². The number of aromatic hydroxyl groups is 1. The van der Waals surface area contributed by atoms with E-state index in [1.54, 1.807) is 0 Å². The zero-order chi connectivity index (χ0) is 10.7. The van der Waals surface area contributed by atoms with Gasteiger partial charge in [-0.15, -0.1) is 0 Å². The van der Waals surface area contributed by atoms with Crippen LogP contribution in [0.3, 0.4) is 0 Å². The van der Waals surface area contributed by atoms with E-state index in [1.807, 2.05) is 11.8 Å². The summed E-state index contributed by atoms with van der Waals surface area (Å²) in [4.78, 5) is 10.2. The normalized spacial score (nSPS) is 9.00. The molecule has 3 N–H and O–H groups in total. The zero-order valence-electron chi connectivity index (χ0n) is 6.84. The Hall–Kier alpha value is -2.09. The number of halogens is 2. The maximum absolute atomic E-state index is 12.7. The fraction of sp³-hybridized carbons (Fsp3) is 0. The number of nitrogens with two attached hydrogens (primary N) is 1. The van der Waals surface area contributed by atoms with Crippen LogP contribution in [0.4, 0.5) is 8.78 Å². The Kier molecular flexibility index (Phi) is 2.67. The van der Waals surface area contributed by atoms with Crippen molar-refractivity contribution in [1.82, 2.24) is 0 Å². The first-order chi connectivity index (χ1) is 6.50. The zero-order valence-corrected chi connectivity index (χ0v) is 6.84. The van der Waals surface area contributed by atoms with Crippen molar-refractivity contribution in [1.29, 1.82) is 0 Å². The van der Waals surface area contributed by atoms with Gasteiger partial charge in [0, 0.05) is 12.0 Å². The van der Waals surface area contributed by atoms with Crippen molar-refractivity contribution in [3.8, 4) is 17.6 Å². The van der Waals surface area contributed by atoms with Crippen LogP contribution >= 0.6 is 0 Å². The summed E-state index contributed by atoms with van der Waals surface area (Å²) in [6, 6.07) is 1.30. The van der Waals surface area contributed by atoms with Gasteiger partial charge in [0.05, 0.1) is 5.56 Å². The van der Waals surface area contributed by atoms with E-state index < -0.39 is 23.3 Å². The van der Waals surface area contributed by atoms with E-state index in [1.165, 1.54) is 0 Å². The number of rotatable bonds is 0. The molecule has 1 aromatic carbocycles. The number of primary amides is 1. The Morgan fingerprint density at radius 3 is 2.64 bits per heavy atom. The molecule has 0 aliphatic heterocycles. The average Bonchev–Trinajstić information content (AvgIpc) is 2.08. The Morgan fingerprint density at radius 2 is 2.07 bits per heavy atom. The van der Waals surface area contributed by atoms with Gasteiger partial charge in [-0.25, -0.2) is 8.78 Å². The summed E-state index contributed by atoms with van der Waals surface area (Å²) >= 11 is 0. The van der Waals surface area contributed by atoms with Gasteiger partial charge in [0.15, 0.2) is 11.6 Å². The predicted molar refractivity (Wildman–Crippen MR) is 44.1 cm³/mol. The molecule has 0 aromatic heterocycles. The third-order valence-corrected chi connectivity index (χ3v) is 1.35. The lowest BCUT2D eigenvalue weighted by Crippen LogP contribution is -2.06. The van der Waals surface area contributed by atoms with Crippen molar-refractivity contribution >= 4 is 5.91 Å². The Morgan fingerprint density at radius 1 is 1.43 bits per heavy atom. The molecule has 0 aliphatic rings. The third-order valence-electron chi connectivity index (χ3n) is 1.35. The van der Waals surface area contributed by atoms with Gasteiger partial charge in [0.1, 0.15) is 5.82 Å². The summed E-state index contributed by atoms with van der Waals surface area (Å²) in [6.45, 7) is 0. The summed E-state index contributed by atoms with van der Waals surface area (Å²) in [5, 5.41) is 9.04. The quantitative estimate of drug-likeness (QED) is 0.595. The van der Waals surface area contributed by atoms with Crippen molar-refractivity contribution in [3.63, 3.8) is 0 Å². The van der Waals surface area contributed by atoms with Crippen LogP contribution in [0.25, 0.3) is 0 Å². The van der Waals surface area contributed by atoms with Crippen LogP contribution in [0, 0.1) is 23.5 Å². The number of phenols is 1. The van der Waals surface area contributed by atoms with Gasteiger partial charge in [-0.1, -0.05) is 5.92 Å². The number of phenolic OH excluding ortho intramolecular Hbond substituents is 1. The van der Waals surface area contributed by atoms with E-state index in [9.17, 15) is 13.6 Å². The van der Waals surface area contributed by atoms with Gasteiger partial charge in [-0.05, 0) is 6.07 Å². The highest BCUT2D eigenvalue weighted by Gasteiger charge is 2.07. The molecule has 3 nitrogen and oxygen atoms in total. The molecule has 0 atom stereocenters. The van der Waals surface area contributed by atoms with Crippen LogP contribution in [0.1, 0.15) is 5.56 Å². The molecule has 0 heterocycles. The van der Waals surface area contributed by atoms with Crippen molar-refractivity contribution in [2.24, 2.45) is 5.73 Å². The average molecular weight is 197 g/mol. The van der Waals surface area contributed by atoms with E-state index in [0.717, 1.165) is 6.07 Å². The second-order valence-electron chi connectivity index (χ2n) is 2.40. The van der Waals surface area contributed by atoms with Gasteiger partial charge < -0.3 is 10.8 Å². The Labute approximate surface area is 78.2 Å². The molecular formula is C9H5F2NO2. The summed E-state index contributed by atoms with van der Waals surface area (Å²) in [6.07, 6.45) is 0. The fourth-order valence-corrected chi connectivity index (χ4v) is 0.790. The number of hydrogen-bond donors (Lipinski definition) is 2. The molecule has 0 saturated heterocycles. The van der Waals surface area contributed by atoms with Gasteiger partial charge in [-0.2, -0.15) is 0 Å². The van der Waals surface area contributed by atoms with Crippen LogP contribution in [-0.2, 0) is 4.79 Å². The van der Waals surface area contributed by atoms with Gasteiger partial charge >= 0.3 is 0 Å². The van der Waals surface area contributed by atoms with Crippen LogP contribution in [0.15, 0.2) is 12.1 Å². The van der Waals surface area contributed by atoms with Crippen LogP contribution in [0.2, 0.25) is 0 Å². The van der Waals surface area contributed by atoms with E-state index >= 15 is 0 Å². The van der Waals surface area contributed by atoms with E-state index in [0.29, 0.717) is 6.07 Å². The molecule has 14 heavy (non-hydrogen) atoms. The van der Waals surface area contributed by atoms with Crippen molar-refractivity contribution in [2.75, 3.05) is 0 Å². The first-order valence-electron chi connectivity index (χ1n) is 3.50. The smallest absolute Gasteiger partial charge is 0.293 e. The molecule has 1 aromatic rings. The number of carbonyl (C=O) groups excluding carboxylic acids is 1. The van der Waals surface area contributed by atoms with Crippen LogP contribution in [-0.4, -0.2) is 11.0 Å². The van der Waals surface area contributed by atoms with Gasteiger partial charge in [-0.3, -0.25) is 4.79 Å². The van der Waals surface area contributed by atoms with Crippen molar-refractivity contribution < 1.29 is 18.7 Å². The second kappa shape index (κ2) is 3.75. The van der Waals surface area contributed by atoms with Crippen molar-refractivity contribution in [3.05, 3.63) is 29.3 Å². The molecular weight excluding hydrogens is 192 g/mol. The number of amides is 1. The first kappa shape index (κ1) is 9.99. The number of hydrogen-bond acceptors (Lipinski definition) is 2. The topological polar surface area (TPSA) is 63.3 Å².